The Labute approximate surface area is 256 Å². The van der Waals surface area contributed by atoms with Gasteiger partial charge in [0.25, 0.3) is 0 Å². The Bertz CT molecular complexity index is 2060. The number of rotatable bonds is 6. The molecule has 3 heteroatoms. The summed E-state index contributed by atoms with van der Waals surface area (Å²) in [6.07, 6.45) is 3.83. The largest absolute Gasteiger partial charge is 0.310 e. The molecule has 0 aliphatic carbocycles. The van der Waals surface area contributed by atoms with Gasteiger partial charge in [-0.3, -0.25) is 4.98 Å². The van der Waals surface area contributed by atoms with Crippen LogP contribution >= 0.6 is 0 Å². The van der Waals surface area contributed by atoms with E-state index in [0.29, 0.717) is 0 Å². The monoisotopic (exact) mass is 563 g/mol. The van der Waals surface area contributed by atoms with Crippen molar-refractivity contribution in [2.45, 2.75) is 0 Å². The fourth-order valence-electron chi connectivity index (χ4n) is 6.18. The second-order valence-corrected chi connectivity index (χ2v) is 10.9. The van der Waals surface area contributed by atoms with Gasteiger partial charge >= 0.3 is 0 Å². The van der Waals surface area contributed by atoms with Crippen LogP contribution in [0.15, 0.2) is 176 Å². The van der Waals surface area contributed by atoms with Crippen LogP contribution in [0.25, 0.3) is 49.7 Å². The van der Waals surface area contributed by atoms with Crippen molar-refractivity contribution < 1.29 is 0 Å². The lowest BCUT2D eigenvalue weighted by Crippen LogP contribution is -2.10. The van der Waals surface area contributed by atoms with Crippen molar-refractivity contribution in [1.82, 2.24) is 9.55 Å². The van der Waals surface area contributed by atoms with Gasteiger partial charge in [0, 0.05) is 39.7 Å². The van der Waals surface area contributed by atoms with Crippen LogP contribution in [-0.2, 0) is 0 Å². The summed E-state index contributed by atoms with van der Waals surface area (Å²) in [6, 6.07) is 58.2. The van der Waals surface area contributed by atoms with Crippen molar-refractivity contribution in [3.8, 4) is 27.9 Å². The summed E-state index contributed by atoms with van der Waals surface area (Å²) in [5.74, 6) is 0. The zero-order valence-electron chi connectivity index (χ0n) is 24.1. The van der Waals surface area contributed by atoms with Gasteiger partial charge < -0.3 is 9.47 Å². The number of hydrogen-bond acceptors (Lipinski definition) is 2. The highest BCUT2D eigenvalue weighted by Gasteiger charge is 2.16. The van der Waals surface area contributed by atoms with Crippen LogP contribution in [-0.4, -0.2) is 9.55 Å². The Hall–Kier alpha value is -5.93. The van der Waals surface area contributed by atoms with Gasteiger partial charge in [-0.15, -0.1) is 0 Å². The van der Waals surface area contributed by atoms with E-state index in [9.17, 15) is 0 Å². The number of anilines is 3. The van der Waals surface area contributed by atoms with E-state index >= 15 is 0 Å². The van der Waals surface area contributed by atoms with Gasteiger partial charge in [-0.2, -0.15) is 0 Å². The van der Waals surface area contributed by atoms with Crippen molar-refractivity contribution in [2.24, 2.45) is 0 Å². The summed E-state index contributed by atoms with van der Waals surface area (Å²) in [5.41, 5.74) is 11.4. The van der Waals surface area contributed by atoms with Crippen LogP contribution < -0.4 is 4.90 Å². The number of para-hydroxylation sites is 1. The maximum Gasteiger partial charge on any atom is 0.0724 e. The van der Waals surface area contributed by atoms with Gasteiger partial charge in [0.1, 0.15) is 0 Å². The van der Waals surface area contributed by atoms with Gasteiger partial charge in [-0.1, -0.05) is 109 Å². The van der Waals surface area contributed by atoms with E-state index in [4.69, 9.17) is 0 Å². The van der Waals surface area contributed by atoms with Gasteiger partial charge in [0.2, 0.25) is 0 Å². The molecule has 0 fully saturated rings. The molecular weight excluding hydrogens is 534 g/mol. The van der Waals surface area contributed by atoms with E-state index < -0.39 is 0 Å². The van der Waals surface area contributed by atoms with Crippen LogP contribution in [0.3, 0.4) is 0 Å². The third kappa shape index (κ3) is 4.61. The minimum absolute atomic E-state index is 1.08. The number of hydrogen-bond donors (Lipinski definition) is 0. The Morgan fingerprint density at radius 3 is 1.59 bits per heavy atom. The molecule has 0 radical (unpaired) electrons. The molecule has 44 heavy (non-hydrogen) atoms. The van der Waals surface area contributed by atoms with Crippen molar-refractivity contribution in [1.29, 1.82) is 0 Å². The molecule has 2 aromatic heterocycles. The zero-order chi connectivity index (χ0) is 29.3. The molecule has 0 saturated carbocycles. The molecule has 2 heterocycles. The molecule has 0 aliphatic heterocycles. The van der Waals surface area contributed by atoms with Gasteiger partial charge in [0.15, 0.2) is 0 Å². The summed E-state index contributed by atoms with van der Waals surface area (Å²) in [5, 5.41) is 2.42. The predicted octanol–water partition coefficient (Wildman–Crippen LogP) is 11.0. The number of nitrogens with zero attached hydrogens (tertiary/aromatic N) is 3. The second kappa shape index (κ2) is 11.0. The highest BCUT2D eigenvalue weighted by molar-refractivity contribution is 6.09. The second-order valence-electron chi connectivity index (χ2n) is 10.9. The van der Waals surface area contributed by atoms with E-state index in [2.05, 4.69) is 178 Å². The molecule has 0 N–H and O–H groups in total. The summed E-state index contributed by atoms with van der Waals surface area (Å²) >= 11 is 0. The normalized spacial score (nSPS) is 11.2. The molecule has 6 aromatic carbocycles. The maximum atomic E-state index is 4.48. The number of aromatic nitrogens is 2. The van der Waals surface area contributed by atoms with Crippen LogP contribution in [0.4, 0.5) is 17.1 Å². The molecule has 8 rings (SSSR count). The maximum absolute atomic E-state index is 4.48. The lowest BCUT2D eigenvalue weighted by atomic mass is 10.0. The van der Waals surface area contributed by atoms with Crippen LogP contribution in [0.5, 0.6) is 0 Å². The van der Waals surface area contributed by atoms with E-state index in [0.717, 1.165) is 28.3 Å². The number of fused-ring (bicyclic) bond motifs is 3. The Balaban J connectivity index is 1.27. The molecule has 0 amide bonds. The number of pyridine rings is 1. The molecule has 0 atom stereocenters. The van der Waals surface area contributed by atoms with E-state index in [1.54, 1.807) is 0 Å². The van der Waals surface area contributed by atoms with E-state index in [1.807, 2.05) is 12.4 Å². The molecule has 8 aromatic rings. The minimum Gasteiger partial charge on any atom is -0.310 e. The summed E-state index contributed by atoms with van der Waals surface area (Å²) < 4.78 is 2.32. The Morgan fingerprint density at radius 1 is 0.409 bits per heavy atom. The SMILES string of the molecule is c1ccc(-c2ccc(N(c3ccc(-c4ccccc4)cc3)c3cccc(-n4c5ccccc5c5ccncc54)c3)cc2)cc1. The Morgan fingerprint density at radius 2 is 0.955 bits per heavy atom. The van der Waals surface area contributed by atoms with Gasteiger partial charge in [-0.25, -0.2) is 0 Å². The molecule has 0 bridgehead atoms. The van der Waals surface area contributed by atoms with E-state index in [1.165, 1.54) is 38.5 Å². The molecule has 0 saturated heterocycles. The summed E-state index contributed by atoms with van der Waals surface area (Å²) in [7, 11) is 0. The molecule has 208 valence electrons. The molecular formula is C41H29N3. The molecule has 0 unspecified atom stereocenters. The van der Waals surface area contributed by atoms with Crippen molar-refractivity contribution in [3.63, 3.8) is 0 Å². The number of benzene rings is 6. The minimum atomic E-state index is 1.08. The van der Waals surface area contributed by atoms with Gasteiger partial charge in [0.05, 0.1) is 17.2 Å². The topological polar surface area (TPSA) is 21.1 Å². The predicted molar refractivity (Wildman–Crippen MR) is 184 cm³/mol. The fourth-order valence-corrected chi connectivity index (χ4v) is 6.18. The molecule has 3 nitrogen and oxygen atoms in total. The smallest absolute Gasteiger partial charge is 0.0724 e. The third-order valence-corrected chi connectivity index (χ3v) is 8.29. The average molecular weight is 564 g/mol. The average Bonchev–Trinajstić information content (AvgIpc) is 3.44. The highest BCUT2D eigenvalue weighted by Crippen LogP contribution is 2.39. The van der Waals surface area contributed by atoms with Crippen LogP contribution in [0, 0.1) is 0 Å². The summed E-state index contributed by atoms with van der Waals surface area (Å²) in [6.45, 7) is 0. The first-order valence-electron chi connectivity index (χ1n) is 14.9. The standard InChI is InChI=1S/C41H29N3/c1-3-10-30(11-4-1)32-18-22-34(23-19-32)43(35-24-20-33(21-25-35)31-12-5-2-6-13-31)36-14-9-15-37(28-36)44-40-17-8-7-16-38(40)39-26-27-42-29-41(39)44/h1-29H. The van der Waals surface area contributed by atoms with Crippen molar-refractivity contribution in [2.75, 3.05) is 4.90 Å². The fraction of sp³-hybridized carbons (Fsp3) is 0. The zero-order valence-corrected chi connectivity index (χ0v) is 24.1. The first-order valence-corrected chi connectivity index (χ1v) is 14.9. The quantitative estimate of drug-likeness (QED) is 0.201. The van der Waals surface area contributed by atoms with Crippen LogP contribution in [0.2, 0.25) is 0 Å². The van der Waals surface area contributed by atoms with Crippen LogP contribution in [0.1, 0.15) is 0 Å². The van der Waals surface area contributed by atoms with Crippen molar-refractivity contribution in [3.05, 3.63) is 176 Å². The van der Waals surface area contributed by atoms with Crippen molar-refractivity contribution >= 4 is 38.9 Å². The molecule has 0 aliphatic rings. The lowest BCUT2D eigenvalue weighted by molar-refractivity contribution is 1.16. The summed E-state index contributed by atoms with van der Waals surface area (Å²) in [4.78, 5) is 6.81. The first kappa shape index (κ1) is 25.8. The highest BCUT2D eigenvalue weighted by atomic mass is 15.1. The Kier molecular flexibility index (Phi) is 6.47. The first-order chi connectivity index (χ1) is 21.8. The van der Waals surface area contributed by atoms with E-state index in [-0.39, 0.29) is 0 Å². The lowest BCUT2D eigenvalue weighted by Gasteiger charge is -2.26. The molecule has 0 spiro atoms. The van der Waals surface area contributed by atoms with Gasteiger partial charge in [-0.05, 0) is 76.9 Å². The third-order valence-electron chi connectivity index (χ3n) is 8.29.